The van der Waals surface area contributed by atoms with Crippen LogP contribution >= 0.6 is 11.8 Å². The normalized spacial score (nSPS) is 19.5. The number of amides is 2. The van der Waals surface area contributed by atoms with Crippen LogP contribution in [0, 0.1) is 5.92 Å². The lowest BCUT2D eigenvalue weighted by molar-refractivity contribution is -0.274. The molecule has 0 spiro atoms. The SMILES string of the molecule is CNc1ccc(OC(F)(F)F)cc1C(=O)NCC(=O)N[C@H]1C[C@@H](N(C)C)CC[C@@H]1CS(=O)(=O)c1ccc(SC)cc1. The maximum Gasteiger partial charge on any atom is 0.573 e. The van der Waals surface area contributed by atoms with Gasteiger partial charge in [0, 0.05) is 29.7 Å². The Hall–Kier alpha value is -2.97. The smallest absolute Gasteiger partial charge is 0.406 e. The number of rotatable bonds is 11. The number of sulfone groups is 1. The van der Waals surface area contributed by atoms with E-state index >= 15 is 0 Å². The molecule has 0 heterocycles. The van der Waals surface area contributed by atoms with Crippen molar-refractivity contribution in [3.63, 3.8) is 0 Å². The lowest BCUT2D eigenvalue weighted by atomic mass is 9.82. The Labute approximate surface area is 242 Å². The number of alkyl halides is 3. The monoisotopic (exact) mass is 616 g/mol. The van der Waals surface area contributed by atoms with Crippen LogP contribution in [0.2, 0.25) is 0 Å². The minimum absolute atomic E-state index is 0.129. The van der Waals surface area contributed by atoms with Gasteiger partial charge in [0.05, 0.1) is 22.8 Å². The summed E-state index contributed by atoms with van der Waals surface area (Å²) in [5, 5.41) is 8.04. The van der Waals surface area contributed by atoms with Crippen molar-refractivity contribution >= 4 is 39.1 Å². The highest BCUT2D eigenvalue weighted by molar-refractivity contribution is 7.98. The number of nitrogens with one attached hydrogen (secondary N) is 3. The molecule has 41 heavy (non-hydrogen) atoms. The third-order valence-electron chi connectivity index (χ3n) is 7.04. The molecule has 3 atom stereocenters. The quantitative estimate of drug-likeness (QED) is 0.327. The molecule has 226 valence electrons. The Balaban J connectivity index is 1.69. The fourth-order valence-corrected chi connectivity index (χ4v) is 6.97. The van der Waals surface area contributed by atoms with Gasteiger partial charge < -0.3 is 25.6 Å². The second-order valence-corrected chi connectivity index (χ2v) is 12.9. The van der Waals surface area contributed by atoms with E-state index in [-0.39, 0.29) is 33.9 Å². The number of carbonyl (C=O) groups is 2. The van der Waals surface area contributed by atoms with Crippen molar-refractivity contribution in [2.24, 2.45) is 5.92 Å². The molecule has 2 aromatic rings. The first-order chi connectivity index (χ1) is 19.2. The molecule has 3 rings (SSSR count). The van der Waals surface area contributed by atoms with Crippen LogP contribution in [0.25, 0.3) is 0 Å². The predicted molar refractivity (Wildman–Crippen MR) is 152 cm³/mol. The molecular formula is C27H35F3N4O5S2. The maximum atomic E-state index is 13.2. The summed E-state index contributed by atoms with van der Waals surface area (Å²) in [5.41, 5.74) is 0.109. The number of benzene rings is 2. The first-order valence-corrected chi connectivity index (χ1v) is 15.8. The van der Waals surface area contributed by atoms with E-state index < -0.39 is 46.4 Å². The number of thioether (sulfide) groups is 1. The third kappa shape index (κ3) is 9.27. The van der Waals surface area contributed by atoms with E-state index in [0.29, 0.717) is 12.8 Å². The molecule has 3 N–H and O–H groups in total. The van der Waals surface area contributed by atoms with Crippen LogP contribution in [0.1, 0.15) is 29.6 Å². The van der Waals surface area contributed by atoms with Crippen LogP contribution in [0.4, 0.5) is 18.9 Å². The molecule has 9 nitrogen and oxygen atoms in total. The van der Waals surface area contributed by atoms with Gasteiger partial charge in [-0.25, -0.2) is 8.42 Å². The Morgan fingerprint density at radius 1 is 1.10 bits per heavy atom. The number of hydrogen-bond acceptors (Lipinski definition) is 8. The fraction of sp³-hybridized carbons (Fsp3) is 0.481. The van der Waals surface area contributed by atoms with E-state index in [4.69, 9.17) is 0 Å². The van der Waals surface area contributed by atoms with Crippen molar-refractivity contribution in [1.82, 2.24) is 15.5 Å². The topological polar surface area (TPSA) is 117 Å². The van der Waals surface area contributed by atoms with Gasteiger partial charge in [-0.3, -0.25) is 9.59 Å². The van der Waals surface area contributed by atoms with Crippen molar-refractivity contribution in [2.75, 3.05) is 45.0 Å². The lowest BCUT2D eigenvalue weighted by Gasteiger charge is -2.39. The first-order valence-electron chi connectivity index (χ1n) is 12.9. The molecule has 14 heteroatoms. The highest BCUT2D eigenvalue weighted by Crippen LogP contribution is 2.31. The number of nitrogens with zero attached hydrogens (tertiary/aromatic N) is 1. The number of halogens is 3. The number of hydrogen-bond donors (Lipinski definition) is 3. The second-order valence-electron chi connectivity index (χ2n) is 10.0. The van der Waals surface area contributed by atoms with Crippen molar-refractivity contribution in [3.05, 3.63) is 48.0 Å². The molecular weight excluding hydrogens is 581 g/mol. The van der Waals surface area contributed by atoms with Crippen molar-refractivity contribution in [2.45, 2.75) is 47.5 Å². The summed E-state index contributed by atoms with van der Waals surface area (Å²) < 4.78 is 68.3. The average Bonchev–Trinajstić information content (AvgIpc) is 2.91. The van der Waals surface area contributed by atoms with Crippen LogP contribution < -0.4 is 20.7 Å². The first kappa shape index (κ1) is 32.5. The van der Waals surface area contributed by atoms with Crippen LogP contribution in [-0.2, 0) is 14.6 Å². The standard InChI is InChI=1S/C27H35F3N4O5S2/c1-31-23-12-7-19(39-27(28,29)30)14-22(23)26(36)32-15-25(35)33-24-13-18(34(2)3)6-5-17(24)16-41(37,38)21-10-8-20(40-4)9-11-21/h7-12,14,17-18,24,31H,5-6,13,15-16H2,1-4H3,(H,32,36)(H,33,35)/t17-,18+,24+/m1/s1. The third-order valence-corrected chi connectivity index (χ3v) is 9.64. The molecule has 1 aliphatic rings. The zero-order valence-corrected chi connectivity index (χ0v) is 24.9. The van der Waals surface area contributed by atoms with Gasteiger partial charge in [0.15, 0.2) is 9.84 Å². The van der Waals surface area contributed by atoms with Crippen LogP contribution in [0.3, 0.4) is 0 Å². The number of carbonyl (C=O) groups excluding carboxylic acids is 2. The summed E-state index contributed by atoms with van der Waals surface area (Å²) in [6.45, 7) is -0.453. The van der Waals surface area contributed by atoms with E-state index in [1.807, 2.05) is 25.3 Å². The van der Waals surface area contributed by atoms with Crippen LogP contribution in [0.15, 0.2) is 52.3 Å². The second kappa shape index (κ2) is 13.8. The zero-order chi connectivity index (χ0) is 30.4. The molecule has 0 bridgehead atoms. The minimum atomic E-state index is -4.93. The molecule has 1 aliphatic carbocycles. The van der Waals surface area contributed by atoms with Gasteiger partial charge in [-0.1, -0.05) is 0 Å². The molecule has 0 saturated heterocycles. The Morgan fingerprint density at radius 2 is 1.78 bits per heavy atom. The fourth-order valence-electron chi connectivity index (χ4n) is 4.86. The van der Waals surface area contributed by atoms with Crippen molar-refractivity contribution < 1.29 is 35.9 Å². The van der Waals surface area contributed by atoms with E-state index in [9.17, 15) is 31.2 Å². The van der Waals surface area contributed by atoms with Crippen LogP contribution in [-0.4, -0.2) is 83.3 Å². The summed E-state index contributed by atoms with van der Waals surface area (Å²) in [4.78, 5) is 28.9. The number of anilines is 1. The van der Waals surface area contributed by atoms with E-state index in [1.165, 1.54) is 24.9 Å². The molecule has 2 aromatic carbocycles. The van der Waals surface area contributed by atoms with Gasteiger partial charge in [0.25, 0.3) is 5.91 Å². The Bertz CT molecular complexity index is 1320. The molecule has 0 aromatic heterocycles. The van der Waals surface area contributed by atoms with E-state index in [2.05, 4.69) is 20.7 Å². The Morgan fingerprint density at radius 3 is 2.37 bits per heavy atom. The van der Waals surface area contributed by atoms with Crippen molar-refractivity contribution in [3.8, 4) is 5.75 Å². The summed E-state index contributed by atoms with van der Waals surface area (Å²) >= 11 is 1.51. The molecule has 0 unspecified atom stereocenters. The molecule has 0 radical (unpaired) electrons. The zero-order valence-electron chi connectivity index (χ0n) is 23.2. The highest BCUT2D eigenvalue weighted by Gasteiger charge is 2.36. The van der Waals surface area contributed by atoms with Gasteiger partial charge in [0.2, 0.25) is 5.91 Å². The van der Waals surface area contributed by atoms with Gasteiger partial charge in [-0.05, 0) is 88.0 Å². The van der Waals surface area contributed by atoms with Gasteiger partial charge in [-0.15, -0.1) is 24.9 Å². The minimum Gasteiger partial charge on any atom is -0.406 e. The average molecular weight is 617 g/mol. The predicted octanol–water partition coefficient (Wildman–Crippen LogP) is 3.77. The van der Waals surface area contributed by atoms with E-state index in [0.717, 1.165) is 23.4 Å². The summed E-state index contributed by atoms with van der Waals surface area (Å²) in [7, 11) is 1.72. The summed E-state index contributed by atoms with van der Waals surface area (Å²) in [5.74, 6) is -2.37. The van der Waals surface area contributed by atoms with E-state index in [1.54, 1.807) is 24.3 Å². The van der Waals surface area contributed by atoms with Crippen LogP contribution in [0.5, 0.6) is 5.75 Å². The summed E-state index contributed by atoms with van der Waals surface area (Å²) in [6.07, 6.45) is -1.15. The molecule has 2 amide bonds. The maximum absolute atomic E-state index is 13.2. The highest BCUT2D eigenvalue weighted by atomic mass is 32.2. The molecule has 1 fully saturated rings. The van der Waals surface area contributed by atoms with Gasteiger partial charge >= 0.3 is 6.36 Å². The van der Waals surface area contributed by atoms with Crippen molar-refractivity contribution in [1.29, 1.82) is 0 Å². The lowest BCUT2D eigenvalue weighted by Crippen LogP contribution is -2.52. The molecule has 1 saturated carbocycles. The van der Waals surface area contributed by atoms with Gasteiger partial charge in [0.1, 0.15) is 5.75 Å². The Kier molecular flexibility index (Phi) is 11.0. The molecule has 0 aliphatic heterocycles. The van der Waals surface area contributed by atoms with Gasteiger partial charge in [-0.2, -0.15) is 0 Å². The number of ether oxygens (including phenoxy) is 1. The summed E-state index contributed by atoms with van der Waals surface area (Å²) in [6, 6.07) is 9.62. The largest absolute Gasteiger partial charge is 0.573 e.